The third-order valence-electron chi connectivity index (χ3n) is 4.59. The smallest absolute Gasteiger partial charge is 0.305 e. The molecule has 2 N–H and O–H groups in total. The third kappa shape index (κ3) is 3.67. The predicted molar refractivity (Wildman–Crippen MR) is 80.7 cm³/mol. The molecule has 2 rings (SSSR count). The summed E-state index contributed by atoms with van der Waals surface area (Å²) >= 11 is 0. The minimum absolute atomic E-state index is 0.0493. The molecule has 0 radical (unpaired) electrons. The van der Waals surface area contributed by atoms with Crippen LogP contribution in [0.2, 0.25) is 0 Å². The fourth-order valence-electron chi connectivity index (χ4n) is 3.28. The number of carboxylic acids is 1. The van der Waals surface area contributed by atoms with Gasteiger partial charge in [-0.05, 0) is 25.7 Å². The molecule has 0 saturated heterocycles. The van der Waals surface area contributed by atoms with Crippen molar-refractivity contribution in [2.24, 2.45) is 0 Å². The highest BCUT2D eigenvalue weighted by Crippen LogP contribution is 2.33. The third-order valence-corrected chi connectivity index (χ3v) is 4.59. The van der Waals surface area contributed by atoms with Crippen LogP contribution in [0.1, 0.15) is 81.0 Å². The molecule has 1 aliphatic carbocycles. The first-order valence-electron chi connectivity index (χ1n) is 8.00. The van der Waals surface area contributed by atoms with Crippen LogP contribution in [-0.2, 0) is 4.79 Å². The zero-order chi connectivity index (χ0) is 16.2. The Kier molecular flexibility index (Phi) is 5.21. The zero-order valence-corrected chi connectivity index (χ0v) is 13.2. The number of hydrogen-bond acceptors (Lipinski definition) is 4. The van der Waals surface area contributed by atoms with Gasteiger partial charge >= 0.3 is 5.97 Å². The number of aromatic nitrogens is 1. The molecule has 1 aromatic heterocycles. The van der Waals surface area contributed by atoms with Crippen LogP contribution < -0.4 is 5.32 Å². The van der Waals surface area contributed by atoms with Crippen molar-refractivity contribution in [3.8, 4) is 0 Å². The van der Waals surface area contributed by atoms with Crippen molar-refractivity contribution in [3.05, 3.63) is 17.5 Å². The van der Waals surface area contributed by atoms with Gasteiger partial charge in [-0.25, -0.2) is 0 Å². The molecule has 1 fully saturated rings. The van der Waals surface area contributed by atoms with E-state index in [1.807, 2.05) is 0 Å². The Labute approximate surface area is 130 Å². The molecule has 0 aromatic carbocycles. The van der Waals surface area contributed by atoms with Gasteiger partial charge in [0, 0.05) is 12.0 Å². The molecule has 122 valence electrons. The molecule has 0 spiro atoms. The Bertz CT molecular complexity index is 528. The minimum atomic E-state index is -0.891. The Morgan fingerprint density at radius 1 is 1.36 bits per heavy atom. The lowest BCUT2D eigenvalue weighted by Gasteiger charge is -2.27. The highest BCUT2D eigenvalue weighted by Gasteiger charge is 2.38. The quantitative estimate of drug-likeness (QED) is 0.807. The first-order chi connectivity index (χ1) is 10.5. The van der Waals surface area contributed by atoms with E-state index in [4.69, 9.17) is 9.63 Å². The van der Waals surface area contributed by atoms with Crippen LogP contribution in [0.5, 0.6) is 0 Å². The van der Waals surface area contributed by atoms with Crippen molar-refractivity contribution in [1.82, 2.24) is 10.5 Å². The van der Waals surface area contributed by atoms with E-state index in [1.165, 1.54) is 0 Å². The van der Waals surface area contributed by atoms with Gasteiger partial charge in [-0.15, -0.1) is 0 Å². The Balaban J connectivity index is 2.09. The van der Waals surface area contributed by atoms with E-state index in [9.17, 15) is 9.59 Å². The lowest BCUT2D eigenvalue weighted by molar-refractivity contribution is -0.138. The monoisotopic (exact) mass is 308 g/mol. The highest BCUT2D eigenvalue weighted by atomic mass is 16.5. The van der Waals surface area contributed by atoms with Crippen LogP contribution in [0, 0.1) is 0 Å². The molecule has 22 heavy (non-hydrogen) atoms. The molecule has 6 heteroatoms. The van der Waals surface area contributed by atoms with Crippen LogP contribution >= 0.6 is 0 Å². The number of aliphatic carboxylic acids is 1. The van der Waals surface area contributed by atoms with Crippen LogP contribution in [0.15, 0.2) is 10.6 Å². The molecule has 6 nitrogen and oxygen atoms in total. The number of carboxylic acid groups (broad SMARTS) is 1. The Hall–Kier alpha value is -1.85. The van der Waals surface area contributed by atoms with Crippen LogP contribution in [-0.4, -0.2) is 27.7 Å². The van der Waals surface area contributed by atoms with E-state index in [2.05, 4.69) is 24.3 Å². The van der Waals surface area contributed by atoms with E-state index < -0.39 is 11.5 Å². The number of rotatable bonds is 7. The summed E-state index contributed by atoms with van der Waals surface area (Å²) in [5.41, 5.74) is 0.138. The Morgan fingerprint density at radius 3 is 2.55 bits per heavy atom. The van der Waals surface area contributed by atoms with E-state index in [1.54, 1.807) is 6.07 Å². The highest BCUT2D eigenvalue weighted by molar-refractivity contribution is 5.92. The van der Waals surface area contributed by atoms with E-state index >= 15 is 0 Å². The van der Waals surface area contributed by atoms with Crippen LogP contribution in [0.25, 0.3) is 0 Å². The van der Waals surface area contributed by atoms with Crippen molar-refractivity contribution in [2.75, 3.05) is 0 Å². The predicted octanol–water partition coefficient (Wildman–Crippen LogP) is 3.10. The molecule has 1 aliphatic rings. The van der Waals surface area contributed by atoms with Crippen LogP contribution in [0.4, 0.5) is 0 Å². The van der Waals surface area contributed by atoms with E-state index in [0.29, 0.717) is 12.8 Å². The van der Waals surface area contributed by atoms with Gasteiger partial charge in [0.05, 0.1) is 17.7 Å². The number of carbonyl (C=O) groups excluding carboxylic acids is 1. The summed E-state index contributed by atoms with van der Waals surface area (Å²) in [6.07, 6.45) is 5.08. The van der Waals surface area contributed by atoms with Crippen molar-refractivity contribution < 1.29 is 19.2 Å². The maximum atomic E-state index is 12.4. The number of carbonyl (C=O) groups is 2. The molecule has 1 amide bonds. The summed E-state index contributed by atoms with van der Waals surface area (Å²) in [6.45, 7) is 4.14. The second kappa shape index (κ2) is 6.94. The van der Waals surface area contributed by atoms with Gasteiger partial charge in [-0.1, -0.05) is 31.8 Å². The lowest BCUT2D eigenvalue weighted by Crippen LogP contribution is -2.47. The van der Waals surface area contributed by atoms with Gasteiger partial charge in [0.2, 0.25) is 5.76 Å². The van der Waals surface area contributed by atoms with E-state index in [-0.39, 0.29) is 24.0 Å². The second-order valence-corrected chi connectivity index (χ2v) is 6.14. The molecule has 0 unspecified atom stereocenters. The van der Waals surface area contributed by atoms with Gasteiger partial charge in [-0.3, -0.25) is 9.59 Å². The van der Waals surface area contributed by atoms with Crippen molar-refractivity contribution in [3.63, 3.8) is 0 Å². The molecular weight excluding hydrogens is 284 g/mol. The summed E-state index contributed by atoms with van der Waals surface area (Å²) in [7, 11) is 0. The van der Waals surface area contributed by atoms with Gasteiger partial charge in [0.1, 0.15) is 0 Å². The maximum Gasteiger partial charge on any atom is 0.305 e. The first-order valence-corrected chi connectivity index (χ1v) is 8.00. The molecular formula is C16H24N2O4. The summed E-state index contributed by atoms with van der Waals surface area (Å²) < 4.78 is 5.16. The largest absolute Gasteiger partial charge is 0.481 e. The van der Waals surface area contributed by atoms with Crippen molar-refractivity contribution in [1.29, 1.82) is 0 Å². The minimum Gasteiger partial charge on any atom is -0.481 e. The zero-order valence-electron chi connectivity index (χ0n) is 13.2. The lowest BCUT2D eigenvalue weighted by atomic mass is 9.93. The summed E-state index contributed by atoms with van der Waals surface area (Å²) in [4.78, 5) is 23.4. The van der Waals surface area contributed by atoms with Crippen molar-refractivity contribution in [2.45, 2.75) is 70.3 Å². The van der Waals surface area contributed by atoms with E-state index in [0.717, 1.165) is 31.4 Å². The topological polar surface area (TPSA) is 92.4 Å². The molecule has 0 aliphatic heterocycles. The fourth-order valence-corrected chi connectivity index (χ4v) is 3.28. The number of nitrogens with one attached hydrogen (secondary N) is 1. The van der Waals surface area contributed by atoms with Gasteiger partial charge in [0.25, 0.3) is 5.91 Å². The molecule has 0 atom stereocenters. The molecule has 1 aromatic rings. The van der Waals surface area contributed by atoms with Gasteiger partial charge in [-0.2, -0.15) is 0 Å². The standard InChI is InChI=1S/C16H24N2O4/c1-3-11(4-2)12-9-13(22-18-12)15(21)17-16(10-14(19)20)7-5-6-8-16/h9,11H,3-8,10H2,1-2H3,(H,17,21)(H,19,20). The number of amides is 1. The van der Waals surface area contributed by atoms with Gasteiger partial charge < -0.3 is 14.9 Å². The molecule has 1 saturated carbocycles. The summed E-state index contributed by atoms with van der Waals surface area (Å²) in [6, 6.07) is 1.68. The number of hydrogen-bond donors (Lipinski definition) is 2. The Morgan fingerprint density at radius 2 is 2.00 bits per heavy atom. The average molecular weight is 308 g/mol. The van der Waals surface area contributed by atoms with Gasteiger partial charge in [0.15, 0.2) is 0 Å². The molecule has 1 heterocycles. The average Bonchev–Trinajstić information content (AvgIpc) is 3.09. The van der Waals surface area contributed by atoms with Crippen molar-refractivity contribution >= 4 is 11.9 Å². The second-order valence-electron chi connectivity index (χ2n) is 6.14. The maximum absolute atomic E-state index is 12.4. The molecule has 0 bridgehead atoms. The fraction of sp³-hybridized carbons (Fsp3) is 0.688. The number of nitrogens with zero attached hydrogens (tertiary/aromatic N) is 1. The summed E-state index contributed by atoms with van der Waals surface area (Å²) in [5.74, 6) is -0.811. The normalized spacial score (nSPS) is 16.9. The van der Waals surface area contributed by atoms with Crippen LogP contribution in [0.3, 0.4) is 0 Å². The summed E-state index contributed by atoms with van der Waals surface area (Å²) in [5, 5.41) is 15.9. The SMILES string of the molecule is CCC(CC)c1cc(C(=O)NC2(CC(=O)O)CCCC2)on1. The first kappa shape index (κ1) is 16.5.